The summed E-state index contributed by atoms with van der Waals surface area (Å²) in [6.45, 7) is 6.04. The molecular weight excluding hydrogens is 610 g/mol. The third-order valence-corrected chi connectivity index (χ3v) is 8.40. The average Bonchev–Trinajstić information content (AvgIpc) is 2.90. The van der Waals surface area contributed by atoms with Gasteiger partial charge < -0.3 is 14.8 Å². The molecule has 4 aromatic rings. The Morgan fingerprint density at radius 3 is 2.34 bits per heavy atom. The second kappa shape index (κ2) is 14.2. The SMILES string of the molecule is CS(=N)Cc1cc2cc(c1)OCCCCOc1cc(F)ccc1-c1nc(ncc1F)N2.Cc1cc(C)c(S(=O)(=O)O)c(C)c1. The standard InChI is InChI=1S/C22H22F2N4O2S.C9H12O3S/c1-31(25)13-14-8-16-11-17(9-14)29-6-2-3-7-30-20-10-15(23)4-5-18(20)21-19(24)12-26-22(27-16)28-21;1-6-4-7(2)9(8(3)5-6)13(10,11)12/h4-5,8-12,25H,2-3,6-7,13H2,1H3,(H,26,27,28);4-5H,1-3H3,(H,10,11,12). The lowest BCUT2D eigenvalue weighted by Gasteiger charge is -2.13. The first-order chi connectivity index (χ1) is 20.8. The molecule has 4 bridgehead atoms. The van der Waals surface area contributed by atoms with Crippen LogP contribution in [0.1, 0.15) is 35.1 Å². The highest BCUT2D eigenvalue weighted by atomic mass is 32.2. The molecule has 13 heteroatoms. The van der Waals surface area contributed by atoms with E-state index in [-0.39, 0.29) is 22.3 Å². The minimum Gasteiger partial charge on any atom is -0.494 e. The lowest BCUT2D eigenvalue weighted by molar-refractivity contribution is 0.266. The maximum atomic E-state index is 14.6. The Morgan fingerprint density at radius 2 is 1.68 bits per heavy atom. The number of nitrogens with one attached hydrogen (secondary N) is 2. The van der Waals surface area contributed by atoms with Crippen LogP contribution >= 0.6 is 0 Å². The molecule has 0 saturated carbocycles. The van der Waals surface area contributed by atoms with Gasteiger partial charge in [-0.2, -0.15) is 8.42 Å². The van der Waals surface area contributed by atoms with E-state index in [0.29, 0.717) is 53.5 Å². The lowest BCUT2D eigenvalue weighted by Crippen LogP contribution is -2.04. The van der Waals surface area contributed by atoms with Crippen molar-refractivity contribution in [2.75, 3.05) is 24.8 Å². The summed E-state index contributed by atoms with van der Waals surface area (Å²) in [6, 6.07) is 13.1. The number of fused-ring (bicyclic) bond motifs is 6. The summed E-state index contributed by atoms with van der Waals surface area (Å²) in [5.41, 5.74) is 4.17. The average molecular weight is 645 g/mol. The van der Waals surface area contributed by atoms with E-state index in [0.717, 1.165) is 23.7 Å². The minimum atomic E-state index is -4.08. The van der Waals surface area contributed by atoms with Gasteiger partial charge in [0.2, 0.25) is 5.95 Å². The Kier molecular flexibility index (Phi) is 10.7. The zero-order valence-electron chi connectivity index (χ0n) is 24.8. The smallest absolute Gasteiger partial charge is 0.295 e. The number of rotatable bonds is 3. The molecule has 234 valence electrons. The van der Waals surface area contributed by atoms with Crippen molar-refractivity contribution in [3.05, 3.63) is 88.6 Å². The normalized spacial score (nSPS) is 13.8. The quantitative estimate of drug-likeness (QED) is 0.201. The molecule has 5 rings (SSSR count). The van der Waals surface area contributed by atoms with Gasteiger partial charge in [-0.3, -0.25) is 9.33 Å². The maximum Gasteiger partial charge on any atom is 0.295 e. The molecule has 1 aliphatic rings. The molecule has 2 heterocycles. The number of hydrogen-bond acceptors (Lipinski definition) is 8. The van der Waals surface area contributed by atoms with Gasteiger partial charge in [0.15, 0.2) is 5.82 Å². The van der Waals surface area contributed by atoms with E-state index in [1.807, 2.05) is 31.4 Å². The maximum absolute atomic E-state index is 14.6. The summed E-state index contributed by atoms with van der Waals surface area (Å²) >= 11 is 0. The Bertz CT molecular complexity index is 1780. The van der Waals surface area contributed by atoms with Crippen LogP contribution in [-0.4, -0.2) is 42.4 Å². The highest BCUT2D eigenvalue weighted by molar-refractivity contribution is 7.86. The van der Waals surface area contributed by atoms with Gasteiger partial charge in [0.25, 0.3) is 10.1 Å². The number of nitrogens with zero attached hydrogens (tertiary/aromatic N) is 2. The minimum absolute atomic E-state index is 0.0243. The first-order valence-corrected chi connectivity index (χ1v) is 16.9. The van der Waals surface area contributed by atoms with E-state index in [9.17, 15) is 17.2 Å². The fourth-order valence-corrected chi connectivity index (χ4v) is 6.45. The van der Waals surface area contributed by atoms with Crippen LogP contribution < -0.4 is 14.8 Å². The predicted octanol–water partition coefficient (Wildman–Crippen LogP) is 7.09. The third kappa shape index (κ3) is 8.80. The van der Waals surface area contributed by atoms with E-state index in [1.165, 1.54) is 18.2 Å². The van der Waals surface area contributed by atoms with E-state index < -0.39 is 32.4 Å². The number of hydrogen-bond donors (Lipinski definition) is 3. The molecule has 0 radical (unpaired) electrons. The molecular formula is C31H34F2N4O5S2. The van der Waals surface area contributed by atoms with Gasteiger partial charge in [-0.1, -0.05) is 17.7 Å². The van der Waals surface area contributed by atoms with Crippen LogP contribution in [0.4, 0.5) is 20.4 Å². The van der Waals surface area contributed by atoms with Gasteiger partial charge in [0, 0.05) is 29.1 Å². The third-order valence-electron chi connectivity index (χ3n) is 6.48. The van der Waals surface area contributed by atoms with Crippen molar-refractivity contribution in [3.63, 3.8) is 0 Å². The fourth-order valence-electron chi connectivity index (χ4n) is 4.86. The molecule has 0 spiro atoms. The molecule has 1 unspecified atom stereocenters. The lowest BCUT2D eigenvalue weighted by atomic mass is 10.1. The summed E-state index contributed by atoms with van der Waals surface area (Å²) < 4.78 is 78.7. The second-order valence-electron chi connectivity index (χ2n) is 10.4. The van der Waals surface area contributed by atoms with Crippen molar-refractivity contribution in [3.8, 4) is 22.8 Å². The van der Waals surface area contributed by atoms with Crippen LogP contribution in [0.3, 0.4) is 0 Å². The summed E-state index contributed by atoms with van der Waals surface area (Å²) in [5.74, 6) is 0.579. The van der Waals surface area contributed by atoms with Crippen molar-refractivity contribution in [1.82, 2.24) is 9.97 Å². The number of aromatic nitrogens is 2. The fraction of sp³-hybridized carbons (Fsp3) is 0.290. The Balaban J connectivity index is 0.000000285. The van der Waals surface area contributed by atoms with E-state index in [1.54, 1.807) is 26.0 Å². The van der Waals surface area contributed by atoms with Crippen molar-refractivity contribution < 1.29 is 31.2 Å². The van der Waals surface area contributed by atoms with E-state index >= 15 is 0 Å². The van der Waals surface area contributed by atoms with Crippen LogP contribution in [0.2, 0.25) is 0 Å². The summed E-state index contributed by atoms with van der Waals surface area (Å²) in [7, 11) is -4.61. The number of benzene rings is 3. The van der Waals surface area contributed by atoms with E-state index in [2.05, 4.69) is 15.3 Å². The summed E-state index contributed by atoms with van der Waals surface area (Å²) in [6.07, 6.45) is 4.34. The zero-order valence-corrected chi connectivity index (χ0v) is 26.4. The number of halogens is 2. The number of ether oxygens (including phenoxy) is 2. The zero-order chi connectivity index (χ0) is 32.0. The topological polar surface area (TPSA) is 134 Å². The van der Waals surface area contributed by atoms with Crippen molar-refractivity contribution in [1.29, 1.82) is 4.78 Å². The highest BCUT2D eigenvalue weighted by Crippen LogP contribution is 2.33. The second-order valence-corrected chi connectivity index (χ2v) is 13.3. The molecule has 0 amide bonds. The summed E-state index contributed by atoms with van der Waals surface area (Å²) in [4.78, 5) is 8.39. The molecule has 1 aliphatic heterocycles. The van der Waals surface area contributed by atoms with Crippen molar-refractivity contribution in [2.45, 2.75) is 44.3 Å². The molecule has 9 nitrogen and oxygen atoms in total. The predicted molar refractivity (Wildman–Crippen MR) is 168 cm³/mol. The molecule has 44 heavy (non-hydrogen) atoms. The monoisotopic (exact) mass is 644 g/mol. The van der Waals surface area contributed by atoms with Gasteiger partial charge in [-0.25, -0.2) is 18.7 Å². The van der Waals surface area contributed by atoms with Crippen LogP contribution in [0, 0.1) is 37.2 Å². The Labute approximate surface area is 258 Å². The summed E-state index contributed by atoms with van der Waals surface area (Å²) in [5, 5.41) is 3.09. The first kappa shape index (κ1) is 33.0. The Hall–Kier alpha value is -3.94. The highest BCUT2D eigenvalue weighted by Gasteiger charge is 2.17. The number of anilines is 2. The van der Waals surface area contributed by atoms with Gasteiger partial charge in [0.1, 0.15) is 23.0 Å². The van der Waals surface area contributed by atoms with Gasteiger partial charge in [-0.05, 0) is 80.8 Å². The van der Waals surface area contributed by atoms with E-state index in [4.69, 9.17) is 18.8 Å². The molecule has 3 N–H and O–H groups in total. The van der Waals surface area contributed by atoms with Crippen LogP contribution in [0.5, 0.6) is 11.5 Å². The van der Waals surface area contributed by atoms with Crippen LogP contribution in [0.15, 0.2) is 59.6 Å². The van der Waals surface area contributed by atoms with Crippen LogP contribution in [0.25, 0.3) is 11.3 Å². The first-order valence-electron chi connectivity index (χ1n) is 13.7. The molecule has 3 aromatic carbocycles. The molecule has 0 aliphatic carbocycles. The van der Waals surface area contributed by atoms with Gasteiger partial charge >= 0.3 is 0 Å². The van der Waals surface area contributed by atoms with Crippen molar-refractivity contribution >= 4 is 32.4 Å². The van der Waals surface area contributed by atoms with Crippen LogP contribution in [-0.2, 0) is 26.6 Å². The molecule has 0 saturated heterocycles. The number of aryl methyl sites for hydroxylation is 3. The van der Waals surface area contributed by atoms with Gasteiger partial charge in [-0.15, -0.1) is 10.7 Å². The molecule has 1 atom stereocenters. The van der Waals surface area contributed by atoms with Crippen molar-refractivity contribution in [2.24, 2.45) is 0 Å². The Morgan fingerprint density at radius 1 is 1.00 bits per heavy atom. The largest absolute Gasteiger partial charge is 0.494 e. The molecule has 0 fully saturated rings. The van der Waals surface area contributed by atoms with Gasteiger partial charge in [0.05, 0.1) is 24.3 Å². The molecule has 1 aromatic heterocycles.